The van der Waals surface area contributed by atoms with E-state index in [1.165, 1.54) is 12.1 Å². The van der Waals surface area contributed by atoms with E-state index in [2.05, 4.69) is 47.2 Å². The predicted octanol–water partition coefficient (Wildman–Crippen LogP) is 10.9. The third-order valence-electron chi connectivity index (χ3n) is 16.4. The average molecular weight is 1190 g/mol. The summed E-state index contributed by atoms with van der Waals surface area (Å²) in [6.07, 6.45) is 8.66. The first-order valence-electron chi connectivity index (χ1n) is 29.9. The zero-order valence-corrected chi connectivity index (χ0v) is 49.3. The maximum Gasteiger partial charge on any atom is 0.328 e. The Kier molecular flexibility index (Phi) is 17.4. The Bertz CT molecular complexity index is 3610. The molecular formula is C64H71F4N13O6. The highest BCUT2D eigenvalue weighted by molar-refractivity contribution is 6.04. The second-order valence-corrected chi connectivity index (χ2v) is 24.3. The number of halogens is 4. The van der Waals surface area contributed by atoms with E-state index >= 15 is 8.78 Å². The molecule has 456 valence electrons. The van der Waals surface area contributed by atoms with Gasteiger partial charge in [0.05, 0.1) is 30.4 Å². The van der Waals surface area contributed by atoms with Gasteiger partial charge in [-0.3, -0.25) is 14.4 Å². The number of aromatic nitrogens is 4. The van der Waals surface area contributed by atoms with Gasteiger partial charge >= 0.3 is 18.0 Å². The molecule has 3 aliphatic heterocycles. The molecule has 0 unspecified atom stereocenters. The lowest BCUT2D eigenvalue weighted by molar-refractivity contribution is -0.161. The zero-order chi connectivity index (χ0) is 61.3. The van der Waals surface area contributed by atoms with Gasteiger partial charge < -0.3 is 42.0 Å². The van der Waals surface area contributed by atoms with E-state index in [1.807, 2.05) is 46.8 Å². The third-order valence-corrected chi connectivity index (χ3v) is 16.4. The van der Waals surface area contributed by atoms with Crippen molar-refractivity contribution >= 4 is 64.8 Å². The van der Waals surface area contributed by atoms with Crippen LogP contribution in [0.2, 0.25) is 0 Å². The highest BCUT2D eigenvalue weighted by Gasteiger charge is 2.38. The first kappa shape index (κ1) is 60.0. The minimum absolute atomic E-state index is 0.00882. The molecule has 2 aromatic heterocycles. The van der Waals surface area contributed by atoms with Crippen molar-refractivity contribution in [3.63, 3.8) is 0 Å². The van der Waals surface area contributed by atoms with Crippen LogP contribution in [0.1, 0.15) is 128 Å². The van der Waals surface area contributed by atoms with Crippen LogP contribution in [0.3, 0.4) is 0 Å². The summed E-state index contributed by atoms with van der Waals surface area (Å²) < 4.78 is 65.8. The summed E-state index contributed by atoms with van der Waals surface area (Å²) in [7, 11) is 0. The van der Waals surface area contributed by atoms with Gasteiger partial charge in [0.1, 0.15) is 40.2 Å². The summed E-state index contributed by atoms with van der Waals surface area (Å²) >= 11 is 0. The largest absolute Gasteiger partial charge is 0.460 e. The highest BCUT2D eigenvalue weighted by atomic mass is 19.1. The number of hydrogen-bond acceptors (Lipinski definition) is 13. The Labute approximate surface area is 501 Å². The molecule has 23 heteroatoms. The number of esters is 1. The maximum atomic E-state index is 15.1. The fourth-order valence-corrected chi connectivity index (χ4v) is 11.3. The van der Waals surface area contributed by atoms with Crippen molar-refractivity contribution in [3.8, 4) is 22.5 Å². The quantitative estimate of drug-likeness (QED) is 0.0375. The van der Waals surface area contributed by atoms with Gasteiger partial charge in [-0.15, -0.1) is 0 Å². The van der Waals surface area contributed by atoms with E-state index in [9.17, 15) is 32.8 Å². The number of fused-ring (bicyclic) bond motifs is 2. The van der Waals surface area contributed by atoms with Crippen LogP contribution in [-0.4, -0.2) is 93.6 Å². The van der Waals surface area contributed by atoms with Crippen molar-refractivity contribution in [2.24, 2.45) is 17.8 Å². The van der Waals surface area contributed by atoms with Crippen LogP contribution in [-0.2, 0) is 22.6 Å². The minimum atomic E-state index is -0.923. The van der Waals surface area contributed by atoms with Crippen LogP contribution in [0.25, 0.3) is 22.5 Å². The minimum Gasteiger partial charge on any atom is -0.460 e. The molecule has 19 nitrogen and oxygen atoms in total. The molecule has 87 heavy (non-hydrogen) atoms. The number of para-hydroxylation sites is 2. The fraction of sp³-hybridized carbons (Fsp3) is 0.422. The van der Waals surface area contributed by atoms with E-state index in [-0.39, 0.29) is 72.4 Å². The van der Waals surface area contributed by atoms with Gasteiger partial charge in [-0.2, -0.15) is 9.97 Å². The summed E-state index contributed by atoms with van der Waals surface area (Å²) in [5.41, 5.74) is 4.14. The monoisotopic (exact) mass is 1190 g/mol. The average Bonchev–Trinajstić information content (AvgIpc) is 1.43. The van der Waals surface area contributed by atoms with E-state index in [1.54, 1.807) is 24.3 Å². The number of anilines is 6. The van der Waals surface area contributed by atoms with E-state index in [0.29, 0.717) is 95.4 Å². The summed E-state index contributed by atoms with van der Waals surface area (Å²) in [5, 5.41) is 21.5. The molecule has 3 saturated carbocycles. The van der Waals surface area contributed by atoms with Crippen molar-refractivity contribution in [1.29, 1.82) is 0 Å². The third kappa shape index (κ3) is 13.8. The molecule has 6 amide bonds. The number of carbonyl (C=O) groups is 5. The van der Waals surface area contributed by atoms with E-state index in [4.69, 9.17) is 14.7 Å². The Morgan fingerprint density at radius 2 is 0.989 bits per heavy atom. The highest BCUT2D eigenvalue weighted by Crippen LogP contribution is 2.42. The molecule has 12 rings (SSSR count). The second-order valence-electron chi connectivity index (χ2n) is 24.3. The molecule has 0 atom stereocenters. The van der Waals surface area contributed by atoms with Crippen molar-refractivity contribution in [2.45, 2.75) is 130 Å². The Morgan fingerprint density at radius 3 is 1.39 bits per heavy atom. The zero-order valence-electron chi connectivity index (χ0n) is 49.3. The number of amides is 6. The molecule has 1 saturated heterocycles. The molecule has 0 bridgehead atoms. The molecule has 0 radical (unpaired) electrons. The van der Waals surface area contributed by atoms with Gasteiger partial charge in [-0.1, -0.05) is 24.3 Å². The van der Waals surface area contributed by atoms with Gasteiger partial charge in [0, 0.05) is 58.6 Å². The van der Waals surface area contributed by atoms with Crippen LogP contribution in [0.4, 0.5) is 62.1 Å². The molecule has 4 aromatic carbocycles. The van der Waals surface area contributed by atoms with Crippen molar-refractivity contribution in [3.05, 3.63) is 129 Å². The van der Waals surface area contributed by atoms with E-state index in [0.717, 1.165) is 96.8 Å². The van der Waals surface area contributed by atoms with Gasteiger partial charge in [-0.05, 0) is 183 Å². The number of benzene rings is 4. The summed E-state index contributed by atoms with van der Waals surface area (Å²) in [5.74, 6) is -2.83. The van der Waals surface area contributed by atoms with Crippen LogP contribution in [0.5, 0.6) is 0 Å². The molecular weight excluding hydrogens is 1120 g/mol. The van der Waals surface area contributed by atoms with Gasteiger partial charge in [0.2, 0.25) is 11.9 Å². The number of piperidine rings is 1. The topological polar surface area (TPSA) is 237 Å². The molecule has 4 fully saturated rings. The molecule has 7 N–H and O–H groups in total. The molecule has 3 aliphatic carbocycles. The van der Waals surface area contributed by atoms with Crippen LogP contribution < -0.4 is 47.0 Å². The number of carbonyl (C=O) groups excluding carboxylic acids is 5. The fourth-order valence-electron chi connectivity index (χ4n) is 11.3. The Morgan fingerprint density at radius 1 is 0.575 bits per heavy atom. The second kappa shape index (κ2) is 25.3. The van der Waals surface area contributed by atoms with Gasteiger partial charge in [0.15, 0.2) is 11.6 Å². The SMILES string of the molecule is Cc1ccc(C(=O)NCC2CC2)cc1-c1nc(NC2CCC(C(=O)OC(C)(C)C)CC2)nc2c1CNC(=O)N2c1c(F)cccc1F.Cc1ccc(C(=O)NCC2CC2)cc1-c1nc(NC2CCNCC2)nc2c1CNC(=O)N2c1c(F)cccc1F. The Hall–Kier alpha value is -8.73. The van der Waals surface area contributed by atoms with Crippen LogP contribution in [0.15, 0.2) is 72.8 Å². The lowest BCUT2D eigenvalue weighted by atomic mass is 9.86. The molecule has 0 spiro atoms. The molecule has 6 aliphatic rings. The first-order valence-corrected chi connectivity index (χ1v) is 29.9. The number of urea groups is 2. The van der Waals surface area contributed by atoms with E-state index < -0.39 is 52.3 Å². The predicted molar refractivity (Wildman–Crippen MR) is 321 cm³/mol. The smallest absolute Gasteiger partial charge is 0.328 e. The normalized spacial score (nSPS) is 18.4. The Balaban J connectivity index is 0.000000182. The molecule has 6 aromatic rings. The number of ether oxygens (including phenoxy) is 1. The number of nitrogens with zero attached hydrogens (tertiary/aromatic N) is 6. The number of nitrogens with one attached hydrogen (secondary N) is 7. The first-order chi connectivity index (χ1) is 41.8. The lowest BCUT2D eigenvalue weighted by Crippen LogP contribution is -2.43. The van der Waals surface area contributed by atoms with Crippen molar-refractivity contribution in [2.75, 3.05) is 46.6 Å². The number of rotatable bonds is 15. The summed E-state index contributed by atoms with van der Waals surface area (Å²) in [4.78, 5) is 85.9. The van der Waals surface area contributed by atoms with Gasteiger partial charge in [0.25, 0.3) is 11.8 Å². The number of aryl methyl sites for hydroxylation is 2. The lowest BCUT2D eigenvalue weighted by Gasteiger charge is -2.32. The van der Waals surface area contributed by atoms with Crippen LogP contribution in [0, 0.1) is 54.9 Å². The standard InChI is InChI=1S/C35H40F2N6O4.C29H31F2N7O2/c1-19-8-11-22(31(44)38-17-20-9-10-20)16-24(19)28-25-18-39-34(46)43(29-26(36)6-5-7-27(29)37)30(25)42-33(41-28)40-23-14-12-21(13-15-23)32(45)47-35(2,3)4;1-16-5-8-18(27(39)33-14-17-6-7-17)13-20(16)24-21-15-34-29(40)38(25-22(30)3-2-4-23(25)31)26(21)37-28(36-24)35-19-9-11-32-12-10-19/h5-8,11,16,20-21,23H,9-10,12-15,17-18H2,1-4H3,(H,38,44)(H,39,46)(H,40,41,42);2-5,8,13,17,19,32H,6-7,9-12,14-15H2,1H3,(H,33,39)(H,34,40)(H,35,36,37). The summed E-state index contributed by atoms with van der Waals surface area (Å²) in [6.45, 7) is 12.3. The van der Waals surface area contributed by atoms with Crippen LogP contribution >= 0.6 is 0 Å². The molecule has 5 heterocycles. The maximum absolute atomic E-state index is 15.1. The summed E-state index contributed by atoms with van der Waals surface area (Å²) in [6, 6.07) is 16.1. The number of hydrogen-bond donors (Lipinski definition) is 7. The van der Waals surface area contributed by atoms with Gasteiger partial charge in [-0.25, -0.2) is 46.9 Å². The van der Waals surface area contributed by atoms with Crippen molar-refractivity contribution in [1.82, 2.24) is 46.5 Å². The van der Waals surface area contributed by atoms with Crippen molar-refractivity contribution < 1.29 is 46.3 Å².